The molecule has 10 aromatic rings. The quantitative estimate of drug-likeness (QED) is 0.174. The Morgan fingerprint density at radius 1 is 0.346 bits per heavy atom. The monoisotopic (exact) mass is 659 g/mol. The van der Waals surface area contributed by atoms with Crippen molar-refractivity contribution in [1.82, 2.24) is 4.57 Å². The molecule has 9 aromatic carbocycles. The van der Waals surface area contributed by atoms with E-state index in [1.54, 1.807) is 0 Å². The van der Waals surface area contributed by atoms with Crippen molar-refractivity contribution in [3.63, 3.8) is 0 Å². The Morgan fingerprint density at radius 2 is 0.942 bits per heavy atom. The Hall–Kier alpha value is -6.44. The van der Waals surface area contributed by atoms with E-state index < -0.39 is 0 Å². The average molecular weight is 660 g/mol. The molecule has 52 heavy (non-hydrogen) atoms. The van der Waals surface area contributed by atoms with E-state index in [1.807, 2.05) is 0 Å². The molecular formula is C51H33N. The molecule has 0 fully saturated rings. The molecule has 12 rings (SSSR count). The first-order chi connectivity index (χ1) is 25.6. The predicted molar refractivity (Wildman–Crippen MR) is 221 cm³/mol. The van der Waals surface area contributed by atoms with Gasteiger partial charge in [-0.2, -0.15) is 0 Å². The zero-order chi connectivity index (χ0) is 34.3. The van der Waals surface area contributed by atoms with Gasteiger partial charge in [-0.25, -0.2) is 0 Å². The van der Waals surface area contributed by atoms with Gasteiger partial charge in [0.2, 0.25) is 0 Å². The molecule has 0 saturated heterocycles. The van der Waals surface area contributed by atoms with E-state index in [9.17, 15) is 0 Å². The summed E-state index contributed by atoms with van der Waals surface area (Å²) in [5, 5.41) is 10.3. The van der Waals surface area contributed by atoms with Gasteiger partial charge >= 0.3 is 0 Å². The number of fused-ring (bicyclic) bond motifs is 11. The van der Waals surface area contributed by atoms with Crippen molar-refractivity contribution in [3.05, 3.63) is 175 Å². The van der Waals surface area contributed by atoms with E-state index in [-0.39, 0.29) is 5.41 Å². The topological polar surface area (TPSA) is 4.93 Å². The molecule has 0 atom stereocenters. The van der Waals surface area contributed by atoms with Crippen LogP contribution in [-0.4, -0.2) is 4.57 Å². The maximum atomic E-state index is 2.51. The predicted octanol–water partition coefficient (Wildman–Crippen LogP) is 13.9. The standard InChI is InChI=1S/C51H33N/c1-51(2)45-20-9-7-15-37(45)43-26-30-27-44-39-17-8-10-21-47(39)52(49(44)29-31(30)28-46(43)51)48-25-24-35(32-12-5-6-16-38(32)48)36-22-23-42-34-14-4-3-13-33(34)40-18-11-19-41(36)50(40)42/h3-29H,1-2H3. The normalized spacial score (nSPS) is 13.7. The Bertz CT molecular complexity index is 3180. The van der Waals surface area contributed by atoms with Crippen molar-refractivity contribution in [2.75, 3.05) is 0 Å². The molecule has 2 aliphatic rings. The van der Waals surface area contributed by atoms with Crippen LogP contribution in [-0.2, 0) is 5.41 Å². The molecule has 2 aliphatic carbocycles. The zero-order valence-electron chi connectivity index (χ0n) is 29.0. The van der Waals surface area contributed by atoms with Gasteiger partial charge in [-0.3, -0.25) is 0 Å². The molecule has 0 aliphatic heterocycles. The number of aromatic nitrogens is 1. The van der Waals surface area contributed by atoms with Crippen LogP contribution >= 0.6 is 0 Å². The Kier molecular flexibility index (Phi) is 5.37. The number of hydrogen-bond donors (Lipinski definition) is 0. The minimum atomic E-state index is -0.0424. The summed E-state index contributed by atoms with van der Waals surface area (Å²) in [6, 6.07) is 61.6. The average Bonchev–Trinajstić information content (AvgIpc) is 3.77. The largest absolute Gasteiger partial charge is 0.309 e. The van der Waals surface area contributed by atoms with Crippen LogP contribution in [0.5, 0.6) is 0 Å². The first-order valence-electron chi connectivity index (χ1n) is 18.4. The molecular weight excluding hydrogens is 627 g/mol. The SMILES string of the molecule is CC1(C)c2ccccc2-c2cc3cc4c5ccccc5n(-c5ccc(-c6ccc7c8c(cccc68)-c6ccccc6-7)c6ccccc56)c4cc3cc21. The van der Waals surface area contributed by atoms with Crippen LogP contribution in [0.1, 0.15) is 25.0 Å². The van der Waals surface area contributed by atoms with Gasteiger partial charge in [-0.05, 0) is 119 Å². The fourth-order valence-electron chi connectivity index (χ4n) is 9.93. The van der Waals surface area contributed by atoms with Gasteiger partial charge in [-0.1, -0.05) is 141 Å². The molecule has 1 heterocycles. The van der Waals surface area contributed by atoms with E-state index in [1.165, 1.54) is 115 Å². The lowest BCUT2D eigenvalue weighted by Crippen LogP contribution is -2.14. The molecule has 1 heteroatoms. The van der Waals surface area contributed by atoms with Gasteiger partial charge in [0.1, 0.15) is 0 Å². The highest BCUT2D eigenvalue weighted by Crippen LogP contribution is 2.52. The van der Waals surface area contributed by atoms with E-state index in [4.69, 9.17) is 0 Å². The Morgan fingerprint density at radius 3 is 1.79 bits per heavy atom. The molecule has 0 radical (unpaired) electrons. The highest BCUT2D eigenvalue weighted by molar-refractivity contribution is 6.21. The third-order valence-electron chi connectivity index (χ3n) is 12.3. The number of benzene rings is 9. The maximum Gasteiger partial charge on any atom is 0.0547 e. The minimum absolute atomic E-state index is 0.0424. The first kappa shape index (κ1) is 28.3. The molecule has 0 bridgehead atoms. The van der Waals surface area contributed by atoms with E-state index in [2.05, 4.69) is 182 Å². The Balaban J connectivity index is 1.11. The van der Waals surface area contributed by atoms with Gasteiger partial charge in [0.15, 0.2) is 0 Å². The highest BCUT2D eigenvalue weighted by atomic mass is 15.0. The number of rotatable bonds is 2. The third kappa shape index (κ3) is 3.53. The van der Waals surface area contributed by atoms with E-state index >= 15 is 0 Å². The third-order valence-corrected chi connectivity index (χ3v) is 12.3. The van der Waals surface area contributed by atoms with Crippen LogP contribution in [0, 0.1) is 0 Å². The van der Waals surface area contributed by atoms with Crippen LogP contribution in [0.2, 0.25) is 0 Å². The summed E-state index contributed by atoms with van der Waals surface area (Å²) >= 11 is 0. The lowest BCUT2D eigenvalue weighted by atomic mass is 9.82. The molecule has 0 amide bonds. The Labute approximate surface area is 302 Å². The van der Waals surface area contributed by atoms with Crippen molar-refractivity contribution in [3.8, 4) is 50.2 Å². The fourth-order valence-corrected chi connectivity index (χ4v) is 9.93. The number of nitrogens with zero attached hydrogens (tertiary/aromatic N) is 1. The van der Waals surface area contributed by atoms with Crippen LogP contribution in [0.15, 0.2) is 164 Å². The van der Waals surface area contributed by atoms with Crippen molar-refractivity contribution >= 4 is 54.1 Å². The minimum Gasteiger partial charge on any atom is -0.309 e. The van der Waals surface area contributed by atoms with Crippen molar-refractivity contribution in [2.45, 2.75) is 19.3 Å². The molecule has 1 aromatic heterocycles. The summed E-state index contributed by atoms with van der Waals surface area (Å²) in [7, 11) is 0. The van der Waals surface area contributed by atoms with Crippen molar-refractivity contribution < 1.29 is 0 Å². The maximum absolute atomic E-state index is 2.51. The number of para-hydroxylation sites is 1. The summed E-state index contributed by atoms with van der Waals surface area (Å²) in [6.07, 6.45) is 0. The van der Waals surface area contributed by atoms with E-state index in [0.717, 1.165) is 0 Å². The van der Waals surface area contributed by atoms with E-state index in [0.29, 0.717) is 0 Å². The summed E-state index contributed by atoms with van der Waals surface area (Å²) in [5.41, 5.74) is 17.1. The summed E-state index contributed by atoms with van der Waals surface area (Å²) in [6.45, 7) is 4.74. The summed E-state index contributed by atoms with van der Waals surface area (Å²) in [4.78, 5) is 0. The molecule has 0 saturated carbocycles. The van der Waals surface area contributed by atoms with Gasteiger partial charge in [0.25, 0.3) is 0 Å². The molecule has 0 N–H and O–H groups in total. The van der Waals surface area contributed by atoms with Crippen LogP contribution in [0.4, 0.5) is 0 Å². The smallest absolute Gasteiger partial charge is 0.0547 e. The summed E-state index contributed by atoms with van der Waals surface area (Å²) in [5.74, 6) is 0. The summed E-state index contributed by atoms with van der Waals surface area (Å²) < 4.78 is 2.51. The van der Waals surface area contributed by atoms with Gasteiger partial charge in [-0.15, -0.1) is 0 Å². The fraction of sp³-hybridized carbons (Fsp3) is 0.0588. The zero-order valence-corrected chi connectivity index (χ0v) is 29.0. The second-order valence-corrected chi connectivity index (χ2v) is 15.2. The van der Waals surface area contributed by atoms with Crippen molar-refractivity contribution in [2.24, 2.45) is 0 Å². The second-order valence-electron chi connectivity index (χ2n) is 15.2. The first-order valence-corrected chi connectivity index (χ1v) is 18.4. The van der Waals surface area contributed by atoms with Crippen molar-refractivity contribution in [1.29, 1.82) is 0 Å². The highest BCUT2D eigenvalue weighted by Gasteiger charge is 2.35. The molecule has 1 nitrogen and oxygen atoms in total. The second kappa shape index (κ2) is 9.87. The lowest BCUT2D eigenvalue weighted by molar-refractivity contribution is 0.661. The molecule has 242 valence electrons. The van der Waals surface area contributed by atoms with Gasteiger partial charge in [0.05, 0.1) is 16.7 Å². The number of hydrogen-bond acceptors (Lipinski definition) is 0. The molecule has 0 spiro atoms. The van der Waals surface area contributed by atoms with Crippen LogP contribution in [0.3, 0.4) is 0 Å². The molecule has 0 unspecified atom stereocenters. The lowest BCUT2D eigenvalue weighted by Gasteiger charge is -2.21. The van der Waals surface area contributed by atoms with Gasteiger partial charge in [0, 0.05) is 21.6 Å². The van der Waals surface area contributed by atoms with Crippen LogP contribution < -0.4 is 0 Å². The van der Waals surface area contributed by atoms with Gasteiger partial charge < -0.3 is 4.57 Å². The van der Waals surface area contributed by atoms with Crippen LogP contribution in [0.25, 0.3) is 104 Å².